The summed E-state index contributed by atoms with van der Waals surface area (Å²) in [7, 11) is 0. The van der Waals surface area contributed by atoms with Crippen LogP contribution in [-0.2, 0) is 11.8 Å². The molecule has 2 fully saturated rings. The Hall–Kier alpha value is -2.20. The zero-order valence-corrected chi connectivity index (χ0v) is 20.2. The maximum atomic E-state index is 13.1. The lowest BCUT2D eigenvalue weighted by atomic mass is 9.55. The van der Waals surface area contributed by atoms with Crippen molar-refractivity contribution in [1.82, 2.24) is 4.98 Å². The Morgan fingerprint density at radius 2 is 2.06 bits per heavy atom. The molecule has 2 saturated carbocycles. The van der Waals surface area contributed by atoms with Gasteiger partial charge in [-0.1, -0.05) is 32.3 Å². The second-order valence-electron chi connectivity index (χ2n) is 11.0. The Morgan fingerprint density at radius 1 is 1.21 bits per heavy atom. The van der Waals surface area contributed by atoms with Crippen LogP contribution in [0.15, 0.2) is 36.5 Å². The van der Waals surface area contributed by atoms with Gasteiger partial charge in [0.05, 0.1) is 17.0 Å². The second kappa shape index (κ2) is 8.87. The normalized spacial score (nSPS) is 29.0. The summed E-state index contributed by atoms with van der Waals surface area (Å²) in [6.45, 7) is 4.10. The molecule has 0 spiro atoms. The maximum Gasteiger partial charge on any atom is 0.255 e. The highest BCUT2D eigenvalue weighted by molar-refractivity contribution is 6.04. The van der Waals surface area contributed by atoms with Gasteiger partial charge in [-0.2, -0.15) is 0 Å². The number of hydrogen-bond acceptors (Lipinski definition) is 3. The van der Waals surface area contributed by atoms with E-state index in [1.54, 1.807) is 6.20 Å². The molecule has 3 aliphatic carbocycles. The Balaban J connectivity index is 1.46. The van der Waals surface area contributed by atoms with Gasteiger partial charge >= 0.3 is 0 Å². The summed E-state index contributed by atoms with van der Waals surface area (Å²) < 4.78 is 0. The first-order valence-corrected chi connectivity index (χ1v) is 13.0. The van der Waals surface area contributed by atoms with Crippen LogP contribution in [-0.4, -0.2) is 21.6 Å². The van der Waals surface area contributed by atoms with Crippen molar-refractivity contribution < 1.29 is 9.90 Å². The number of rotatable bonds is 6. The van der Waals surface area contributed by atoms with E-state index in [0.29, 0.717) is 5.92 Å². The molecule has 4 heteroatoms. The largest absolute Gasteiger partial charge is 0.390 e. The summed E-state index contributed by atoms with van der Waals surface area (Å²) in [6.07, 6.45) is 14.0. The molecule has 0 unspecified atom stereocenters. The first-order chi connectivity index (χ1) is 15.9. The van der Waals surface area contributed by atoms with E-state index in [0.717, 1.165) is 67.8 Å². The lowest BCUT2D eigenvalue weighted by Crippen LogP contribution is -2.48. The smallest absolute Gasteiger partial charge is 0.255 e. The maximum absolute atomic E-state index is 13.1. The SMILES string of the molecule is CCC[C@@]1(O)CC[C@@]2(CC3CC3)c3ccc(C(=O)Nc4cccnc4C)cc3CCC[C@H]2C1. The van der Waals surface area contributed by atoms with E-state index in [4.69, 9.17) is 0 Å². The molecule has 2 N–H and O–H groups in total. The number of benzene rings is 1. The van der Waals surface area contributed by atoms with E-state index in [-0.39, 0.29) is 11.3 Å². The molecule has 3 atom stereocenters. The summed E-state index contributed by atoms with van der Waals surface area (Å²) in [5.41, 5.74) is 4.84. The third kappa shape index (κ3) is 4.47. The average Bonchev–Trinajstić information content (AvgIpc) is 3.62. The van der Waals surface area contributed by atoms with Crippen LogP contribution >= 0.6 is 0 Å². The van der Waals surface area contributed by atoms with Crippen molar-refractivity contribution in [3.05, 3.63) is 58.9 Å². The number of nitrogens with one attached hydrogen (secondary N) is 1. The van der Waals surface area contributed by atoms with Crippen LogP contribution in [0.5, 0.6) is 0 Å². The Labute approximate surface area is 198 Å². The number of nitrogens with zero attached hydrogens (tertiary/aromatic N) is 1. The Morgan fingerprint density at radius 3 is 2.82 bits per heavy atom. The van der Waals surface area contributed by atoms with Gasteiger partial charge in [0.15, 0.2) is 0 Å². The third-order valence-corrected chi connectivity index (χ3v) is 8.67. The molecule has 1 heterocycles. The van der Waals surface area contributed by atoms with E-state index in [9.17, 15) is 9.90 Å². The van der Waals surface area contributed by atoms with Crippen LogP contribution in [0.3, 0.4) is 0 Å². The molecule has 4 nitrogen and oxygen atoms in total. The van der Waals surface area contributed by atoms with E-state index >= 15 is 0 Å². The first kappa shape index (κ1) is 22.6. The Kier molecular flexibility index (Phi) is 6.07. The summed E-state index contributed by atoms with van der Waals surface area (Å²) in [5.74, 6) is 1.32. The van der Waals surface area contributed by atoms with Crippen LogP contribution in [0.2, 0.25) is 0 Å². The molecular weight excluding hydrogens is 408 g/mol. The van der Waals surface area contributed by atoms with Crippen LogP contribution in [0.4, 0.5) is 5.69 Å². The number of anilines is 1. The molecule has 5 rings (SSSR count). The predicted molar refractivity (Wildman–Crippen MR) is 133 cm³/mol. The molecule has 2 aromatic rings. The molecule has 0 radical (unpaired) electrons. The van der Waals surface area contributed by atoms with Crippen molar-refractivity contribution in [2.45, 2.75) is 95.5 Å². The summed E-state index contributed by atoms with van der Waals surface area (Å²) in [4.78, 5) is 17.4. The Bertz CT molecular complexity index is 1030. The van der Waals surface area contributed by atoms with E-state index in [2.05, 4.69) is 29.4 Å². The monoisotopic (exact) mass is 446 g/mol. The molecule has 1 aromatic carbocycles. The topological polar surface area (TPSA) is 62.2 Å². The number of aliphatic hydroxyl groups is 1. The molecule has 1 amide bonds. The fraction of sp³-hybridized carbons (Fsp3) is 0.586. The lowest BCUT2D eigenvalue weighted by molar-refractivity contribution is -0.0562. The minimum Gasteiger partial charge on any atom is -0.390 e. The summed E-state index contributed by atoms with van der Waals surface area (Å²) in [5, 5.41) is 14.4. The van der Waals surface area contributed by atoms with Crippen molar-refractivity contribution in [3.63, 3.8) is 0 Å². The van der Waals surface area contributed by atoms with Crippen LogP contribution in [0.1, 0.15) is 98.3 Å². The van der Waals surface area contributed by atoms with Crippen molar-refractivity contribution in [1.29, 1.82) is 0 Å². The summed E-state index contributed by atoms with van der Waals surface area (Å²) >= 11 is 0. The van der Waals surface area contributed by atoms with Crippen molar-refractivity contribution in [2.75, 3.05) is 5.32 Å². The van der Waals surface area contributed by atoms with Crippen molar-refractivity contribution in [3.8, 4) is 0 Å². The van der Waals surface area contributed by atoms with Gasteiger partial charge in [0.2, 0.25) is 0 Å². The fourth-order valence-electron chi connectivity index (χ4n) is 6.83. The van der Waals surface area contributed by atoms with Gasteiger partial charge in [-0.3, -0.25) is 9.78 Å². The first-order valence-electron chi connectivity index (χ1n) is 13.0. The van der Waals surface area contributed by atoms with Crippen molar-refractivity contribution in [2.24, 2.45) is 11.8 Å². The summed E-state index contributed by atoms with van der Waals surface area (Å²) in [6, 6.07) is 10.2. The standard InChI is InChI=1S/C29H38N2O2/c1-3-13-28(33)14-15-29(18-21-9-10-21)24(19-28)7-4-6-22-17-23(11-12-25(22)29)27(32)31-26-8-5-16-30-20(26)2/h5,8,11-12,16-17,21,24,33H,3-4,6-7,9-10,13-15,18-19H2,1-2H3,(H,31,32)/t24-,28+,29-/m0/s1. The van der Waals surface area contributed by atoms with Crippen LogP contribution in [0.25, 0.3) is 0 Å². The van der Waals surface area contributed by atoms with Gasteiger partial charge in [0.1, 0.15) is 0 Å². The van der Waals surface area contributed by atoms with E-state index in [1.807, 2.05) is 25.1 Å². The lowest BCUT2D eigenvalue weighted by Gasteiger charge is -2.51. The zero-order chi connectivity index (χ0) is 23.1. The van der Waals surface area contributed by atoms with Gasteiger partial charge in [0, 0.05) is 11.8 Å². The van der Waals surface area contributed by atoms with Gasteiger partial charge in [0.25, 0.3) is 5.91 Å². The van der Waals surface area contributed by atoms with E-state index < -0.39 is 5.60 Å². The van der Waals surface area contributed by atoms with Crippen LogP contribution in [0, 0.1) is 18.8 Å². The van der Waals surface area contributed by atoms with Gasteiger partial charge in [-0.15, -0.1) is 0 Å². The van der Waals surface area contributed by atoms with Crippen molar-refractivity contribution >= 4 is 11.6 Å². The number of amides is 1. The molecule has 33 heavy (non-hydrogen) atoms. The molecule has 0 aliphatic heterocycles. The third-order valence-electron chi connectivity index (χ3n) is 8.67. The molecule has 3 aliphatic rings. The minimum atomic E-state index is -0.488. The highest BCUT2D eigenvalue weighted by atomic mass is 16.3. The number of aryl methyl sites for hydroxylation is 2. The quantitative estimate of drug-likeness (QED) is 0.544. The van der Waals surface area contributed by atoms with Gasteiger partial charge in [-0.25, -0.2) is 0 Å². The van der Waals surface area contributed by atoms with E-state index in [1.165, 1.54) is 36.8 Å². The molecule has 1 aromatic heterocycles. The zero-order valence-electron chi connectivity index (χ0n) is 20.2. The van der Waals surface area contributed by atoms with Crippen LogP contribution < -0.4 is 5.32 Å². The average molecular weight is 447 g/mol. The molecule has 176 valence electrons. The number of pyridine rings is 1. The molecule has 0 saturated heterocycles. The minimum absolute atomic E-state index is 0.0631. The number of hydrogen-bond donors (Lipinski definition) is 2. The fourth-order valence-corrected chi connectivity index (χ4v) is 6.83. The predicted octanol–water partition coefficient (Wildman–Crippen LogP) is 6.35. The van der Waals surface area contributed by atoms with Gasteiger partial charge in [-0.05, 0) is 111 Å². The number of carbonyl (C=O) groups excluding carboxylic acids is 1. The highest BCUT2D eigenvalue weighted by Gasteiger charge is 2.52. The number of fused-ring (bicyclic) bond motifs is 3. The molecule has 0 bridgehead atoms. The number of aromatic nitrogens is 1. The second-order valence-corrected chi connectivity index (χ2v) is 11.0. The molecular formula is C29H38N2O2. The van der Waals surface area contributed by atoms with Gasteiger partial charge < -0.3 is 10.4 Å². The highest BCUT2D eigenvalue weighted by Crippen LogP contribution is 2.57. The number of carbonyl (C=O) groups is 1.